The van der Waals surface area contributed by atoms with E-state index in [4.69, 9.17) is 9.88 Å². The molecule has 0 fully saturated rings. The predicted octanol–water partition coefficient (Wildman–Crippen LogP) is 4.73. The lowest BCUT2D eigenvalue weighted by molar-refractivity contribution is 0.452. The number of hydrogen-bond donors (Lipinski definition) is 2. The number of nitrogens with zero attached hydrogens (tertiary/aromatic N) is 1. The second kappa shape index (κ2) is 11.6. The Morgan fingerprint density at radius 1 is 0.932 bits per heavy atom. The summed E-state index contributed by atoms with van der Waals surface area (Å²) in [5, 5.41) is 7.06. The minimum atomic E-state index is -4.86. The lowest BCUT2D eigenvalue weighted by Crippen LogP contribution is -2.35. The zero-order valence-electron chi connectivity index (χ0n) is 25.4. The maximum Gasteiger partial charge on any atom is 0.295 e. The SMILES string of the molecule is C=c1c(CCCC)cc2c(c1CCCC)Oc1c(cc3c4c1CCCN4CCC3)C=2c1ccc(S(N)(=O)=O)cc1S(=O)(=O)O. The fraction of sp³-hybridized carbons (Fsp3) is 0.412. The van der Waals surface area contributed by atoms with E-state index in [1.807, 2.05) is 0 Å². The van der Waals surface area contributed by atoms with Gasteiger partial charge >= 0.3 is 0 Å². The number of anilines is 1. The van der Waals surface area contributed by atoms with E-state index in [2.05, 4.69) is 37.5 Å². The van der Waals surface area contributed by atoms with Gasteiger partial charge in [-0.1, -0.05) is 39.3 Å². The Labute approximate surface area is 260 Å². The first-order valence-corrected chi connectivity index (χ1v) is 18.6. The van der Waals surface area contributed by atoms with E-state index in [9.17, 15) is 21.4 Å². The minimum Gasteiger partial charge on any atom is -0.455 e. The van der Waals surface area contributed by atoms with Crippen LogP contribution in [0.2, 0.25) is 0 Å². The van der Waals surface area contributed by atoms with Crippen molar-refractivity contribution in [3.8, 4) is 11.5 Å². The fourth-order valence-electron chi connectivity index (χ4n) is 7.10. The van der Waals surface area contributed by atoms with Crippen LogP contribution in [0, 0.1) is 0 Å². The van der Waals surface area contributed by atoms with Crippen LogP contribution >= 0.6 is 0 Å². The molecule has 0 saturated carbocycles. The first-order valence-electron chi connectivity index (χ1n) is 15.6. The van der Waals surface area contributed by atoms with Crippen LogP contribution in [0.3, 0.4) is 0 Å². The number of primary sulfonamides is 1. The van der Waals surface area contributed by atoms with Crippen LogP contribution in [0.4, 0.5) is 5.69 Å². The van der Waals surface area contributed by atoms with Gasteiger partial charge in [-0.05, 0) is 92.0 Å². The van der Waals surface area contributed by atoms with Gasteiger partial charge in [0.05, 0.1) is 4.90 Å². The van der Waals surface area contributed by atoms with Gasteiger partial charge in [0.25, 0.3) is 10.1 Å². The molecule has 3 aromatic rings. The average molecular weight is 637 g/mol. The molecule has 10 heteroatoms. The maximum absolute atomic E-state index is 12.9. The van der Waals surface area contributed by atoms with Crippen molar-refractivity contribution in [2.24, 2.45) is 5.14 Å². The van der Waals surface area contributed by atoms with E-state index in [-0.39, 0.29) is 5.56 Å². The van der Waals surface area contributed by atoms with Crippen LogP contribution in [0.25, 0.3) is 12.2 Å². The highest BCUT2D eigenvalue weighted by Gasteiger charge is 2.35. The minimum absolute atomic E-state index is 0.209. The van der Waals surface area contributed by atoms with Gasteiger partial charge in [-0.2, -0.15) is 8.42 Å². The summed E-state index contributed by atoms with van der Waals surface area (Å²) in [7, 11) is -9.10. The first-order chi connectivity index (χ1) is 20.9. The number of unbranched alkanes of at least 4 members (excludes halogenated alkanes) is 2. The quantitative estimate of drug-likeness (QED) is 0.255. The molecular formula is C34H40N2O6S2. The smallest absolute Gasteiger partial charge is 0.295 e. The molecule has 44 heavy (non-hydrogen) atoms. The summed E-state index contributed by atoms with van der Waals surface area (Å²) in [6.07, 6.45) is 9.16. The summed E-state index contributed by atoms with van der Waals surface area (Å²) in [5.41, 5.74) is 7.16. The van der Waals surface area contributed by atoms with E-state index in [1.54, 1.807) is 0 Å². The van der Waals surface area contributed by atoms with Crippen molar-refractivity contribution in [3.05, 3.63) is 74.1 Å². The molecule has 0 aromatic heterocycles. The molecule has 0 unspecified atom stereocenters. The zero-order valence-corrected chi connectivity index (χ0v) is 27.0. The zero-order chi connectivity index (χ0) is 31.4. The Bertz CT molecular complexity index is 2000. The summed E-state index contributed by atoms with van der Waals surface area (Å²) in [4.78, 5) is 1.54. The van der Waals surface area contributed by atoms with Crippen molar-refractivity contribution >= 4 is 38.0 Å². The molecule has 0 atom stereocenters. The molecule has 8 nitrogen and oxygen atoms in total. The highest BCUT2D eigenvalue weighted by molar-refractivity contribution is 7.89. The van der Waals surface area contributed by atoms with E-state index in [0.29, 0.717) is 17.1 Å². The van der Waals surface area contributed by atoms with Gasteiger partial charge < -0.3 is 9.64 Å². The Balaban J connectivity index is 1.79. The lowest BCUT2D eigenvalue weighted by Gasteiger charge is -2.39. The van der Waals surface area contributed by atoms with Crippen LogP contribution in [-0.4, -0.2) is 34.5 Å². The molecule has 0 saturated heterocycles. The van der Waals surface area contributed by atoms with Crippen LogP contribution < -0.4 is 25.2 Å². The molecular weight excluding hydrogens is 597 g/mol. The summed E-state index contributed by atoms with van der Waals surface area (Å²) in [5.74, 6) is 1.36. The topological polar surface area (TPSA) is 127 Å². The Morgan fingerprint density at radius 3 is 2.32 bits per heavy atom. The molecule has 0 bridgehead atoms. The van der Waals surface area contributed by atoms with Gasteiger partial charge in [-0.3, -0.25) is 4.55 Å². The van der Waals surface area contributed by atoms with Crippen LogP contribution in [-0.2, 0) is 45.8 Å². The summed E-state index contributed by atoms with van der Waals surface area (Å²) < 4.78 is 67.9. The second-order valence-electron chi connectivity index (χ2n) is 12.2. The monoisotopic (exact) mass is 636 g/mol. The van der Waals surface area contributed by atoms with Crippen molar-refractivity contribution in [1.29, 1.82) is 0 Å². The third-order valence-electron chi connectivity index (χ3n) is 9.21. The summed E-state index contributed by atoms with van der Waals surface area (Å²) in [6, 6.07) is 7.87. The normalized spacial score (nSPS) is 15.8. The van der Waals surface area contributed by atoms with Gasteiger partial charge in [0.15, 0.2) is 0 Å². The molecule has 3 aromatic carbocycles. The molecule has 3 aliphatic heterocycles. The van der Waals surface area contributed by atoms with Crippen molar-refractivity contribution in [2.75, 3.05) is 18.0 Å². The number of nitrogens with two attached hydrogens (primary N) is 1. The van der Waals surface area contributed by atoms with Gasteiger partial charge in [-0.25, -0.2) is 13.6 Å². The molecule has 0 spiro atoms. The van der Waals surface area contributed by atoms with Gasteiger partial charge in [0, 0.05) is 51.8 Å². The molecule has 6 rings (SSSR count). The number of hydrogen-bond acceptors (Lipinski definition) is 6. The van der Waals surface area contributed by atoms with Crippen LogP contribution in [0.1, 0.15) is 85.8 Å². The third kappa shape index (κ3) is 5.36. The number of sulfonamides is 1. The van der Waals surface area contributed by atoms with Crippen molar-refractivity contribution < 1.29 is 26.1 Å². The van der Waals surface area contributed by atoms with Gasteiger partial charge in [-0.15, -0.1) is 0 Å². The standard InChI is InChI=1S/C34H40N2O6S2/c1-4-6-10-22-18-28-31(26-15-14-24(43(35,37)38)20-30(26)44(39,40)41)29-19-23-11-8-16-36-17-9-13-27(32(23)36)34(29)42-33(28)25(21(22)3)12-7-5-2/h14-15,18-20H,3-13,16-17H2,1-2H3,(H2,35,37,38)(H,39,40,41). The molecule has 0 amide bonds. The van der Waals surface area contributed by atoms with E-state index < -0.39 is 29.9 Å². The molecule has 3 N–H and O–H groups in total. The molecule has 0 radical (unpaired) electrons. The average Bonchev–Trinajstić information content (AvgIpc) is 2.98. The Kier molecular flexibility index (Phi) is 8.15. The number of aryl methyl sites for hydroxylation is 2. The summed E-state index contributed by atoms with van der Waals surface area (Å²) >= 11 is 0. The van der Waals surface area contributed by atoms with Gasteiger partial charge in [0.1, 0.15) is 16.4 Å². The third-order valence-corrected chi connectivity index (χ3v) is 11.0. The van der Waals surface area contributed by atoms with Crippen molar-refractivity contribution in [1.82, 2.24) is 0 Å². The highest BCUT2D eigenvalue weighted by atomic mass is 32.2. The van der Waals surface area contributed by atoms with Crippen LogP contribution in [0.5, 0.6) is 11.5 Å². The van der Waals surface area contributed by atoms with E-state index >= 15 is 0 Å². The lowest BCUT2D eigenvalue weighted by atomic mass is 9.83. The van der Waals surface area contributed by atoms with E-state index in [1.165, 1.54) is 23.4 Å². The number of ether oxygens (including phenoxy) is 1. The largest absolute Gasteiger partial charge is 0.455 e. The highest BCUT2D eigenvalue weighted by Crippen LogP contribution is 2.49. The molecule has 3 heterocycles. The molecule has 0 aliphatic carbocycles. The Morgan fingerprint density at radius 2 is 1.64 bits per heavy atom. The first kappa shape index (κ1) is 30.8. The van der Waals surface area contributed by atoms with Crippen molar-refractivity contribution in [2.45, 2.75) is 87.8 Å². The molecule has 234 valence electrons. The number of benzene rings is 3. The second-order valence-corrected chi connectivity index (χ2v) is 15.1. The fourth-order valence-corrected chi connectivity index (χ4v) is 8.44. The molecule has 3 aliphatic rings. The maximum atomic E-state index is 12.9. The van der Waals surface area contributed by atoms with Crippen LogP contribution in [0.15, 0.2) is 40.1 Å². The predicted molar refractivity (Wildman–Crippen MR) is 173 cm³/mol. The van der Waals surface area contributed by atoms with Crippen molar-refractivity contribution in [3.63, 3.8) is 0 Å². The number of fused-ring (bicyclic) bond motifs is 3. The van der Waals surface area contributed by atoms with E-state index in [0.717, 1.165) is 116 Å². The summed E-state index contributed by atoms with van der Waals surface area (Å²) in [6.45, 7) is 10.8. The van der Waals surface area contributed by atoms with Gasteiger partial charge in [0.2, 0.25) is 10.0 Å². The number of rotatable bonds is 9. The Hall–Kier alpha value is -3.18.